The van der Waals surface area contributed by atoms with Crippen molar-refractivity contribution in [2.75, 3.05) is 13.2 Å². The van der Waals surface area contributed by atoms with E-state index in [0.29, 0.717) is 38.4 Å². The van der Waals surface area contributed by atoms with Crippen LogP contribution in [-0.4, -0.2) is 33.4 Å². The fraction of sp³-hybridized carbons (Fsp3) is 0.390. The average molecular weight is 637 g/mol. The van der Waals surface area contributed by atoms with Gasteiger partial charge in [-0.3, -0.25) is 0 Å². The van der Waals surface area contributed by atoms with Gasteiger partial charge in [-0.1, -0.05) is 141 Å². The number of esters is 1. The van der Waals surface area contributed by atoms with Gasteiger partial charge in [0.05, 0.1) is 40.1 Å². The highest BCUT2D eigenvalue weighted by molar-refractivity contribution is 6.81. The van der Waals surface area contributed by atoms with Crippen LogP contribution in [-0.2, 0) is 32.2 Å². The molecule has 1 saturated carbocycles. The van der Waals surface area contributed by atoms with Crippen LogP contribution in [0.15, 0.2) is 127 Å². The van der Waals surface area contributed by atoms with E-state index in [2.05, 4.69) is 86.5 Å². The Bertz CT molecular complexity index is 1350. The highest BCUT2D eigenvalue weighted by Gasteiger charge is 2.32. The van der Waals surface area contributed by atoms with Gasteiger partial charge in [0.15, 0.2) is 0 Å². The first kappa shape index (κ1) is 35.3. The second-order valence-corrected chi connectivity index (χ2v) is 18.8. The molecule has 0 spiro atoms. The van der Waals surface area contributed by atoms with Gasteiger partial charge in [-0.2, -0.15) is 0 Å². The maximum absolute atomic E-state index is 13.8. The number of carbonyl (C=O) groups is 1. The molecule has 4 rings (SSSR count). The van der Waals surface area contributed by atoms with Gasteiger partial charge in [0.25, 0.3) is 0 Å². The van der Waals surface area contributed by atoms with Crippen molar-refractivity contribution in [1.29, 1.82) is 0 Å². The Kier molecular flexibility index (Phi) is 13.8. The summed E-state index contributed by atoms with van der Waals surface area (Å²) in [5, 5.41) is 0. The summed E-state index contributed by atoms with van der Waals surface area (Å²) < 4.78 is 19.0. The van der Waals surface area contributed by atoms with Crippen molar-refractivity contribution in [2.45, 2.75) is 83.4 Å². The molecule has 0 heterocycles. The summed E-state index contributed by atoms with van der Waals surface area (Å²) in [6.45, 7) is 12.9. The average Bonchev–Trinajstić information content (AvgIpc) is 3.05. The lowest BCUT2D eigenvalue weighted by atomic mass is 9.81. The van der Waals surface area contributed by atoms with Crippen molar-refractivity contribution >= 4 is 14.0 Å². The van der Waals surface area contributed by atoms with Crippen LogP contribution >= 0.6 is 0 Å². The van der Waals surface area contributed by atoms with Gasteiger partial charge < -0.3 is 14.2 Å². The molecule has 1 fully saturated rings. The quantitative estimate of drug-likeness (QED) is 0.0486. The molecular formula is C41H52O4Si. The number of allylic oxidation sites excluding steroid dienone is 2. The molecule has 4 nitrogen and oxygen atoms in total. The zero-order chi connectivity index (χ0) is 32.7. The van der Waals surface area contributed by atoms with Crippen LogP contribution in [0.4, 0.5) is 0 Å². The number of rotatable bonds is 17. The van der Waals surface area contributed by atoms with Crippen molar-refractivity contribution in [3.63, 3.8) is 0 Å². The van der Waals surface area contributed by atoms with Crippen molar-refractivity contribution in [3.05, 3.63) is 144 Å². The molecular weight excluding hydrogens is 585 g/mol. The van der Waals surface area contributed by atoms with Crippen molar-refractivity contribution in [1.82, 2.24) is 0 Å². The topological polar surface area (TPSA) is 44.8 Å². The van der Waals surface area contributed by atoms with Gasteiger partial charge in [0, 0.05) is 11.3 Å². The lowest BCUT2D eigenvalue weighted by Gasteiger charge is -2.32. The number of carbonyl (C=O) groups excluding carboxylic acids is 1. The third kappa shape index (κ3) is 11.7. The van der Waals surface area contributed by atoms with Crippen molar-refractivity contribution in [3.8, 4) is 0 Å². The number of hydrogen-bond donors (Lipinski definition) is 0. The Balaban J connectivity index is 1.51. The third-order valence-corrected chi connectivity index (χ3v) is 9.66. The molecule has 0 aliphatic heterocycles. The molecule has 0 radical (unpaired) electrons. The van der Waals surface area contributed by atoms with E-state index in [4.69, 9.17) is 14.2 Å². The zero-order valence-corrected chi connectivity index (χ0v) is 29.0. The fourth-order valence-electron chi connectivity index (χ4n) is 6.19. The van der Waals surface area contributed by atoms with E-state index in [-0.39, 0.29) is 23.4 Å². The van der Waals surface area contributed by atoms with Crippen LogP contribution < -0.4 is 0 Å². The molecule has 46 heavy (non-hydrogen) atoms. The smallest absolute Gasteiger partial charge is 0.337 e. The van der Waals surface area contributed by atoms with Crippen LogP contribution in [0.25, 0.3) is 0 Å². The molecule has 0 amide bonds. The molecule has 3 aromatic carbocycles. The van der Waals surface area contributed by atoms with E-state index in [1.54, 1.807) is 0 Å². The predicted octanol–water partition coefficient (Wildman–Crippen LogP) is 10.0. The highest BCUT2D eigenvalue weighted by atomic mass is 28.3. The molecule has 5 heteroatoms. The lowest BCUT2D eigenvalue weighted by molar-refractivity contribution is -0.146. The second-order valence-electron chi connectivity index (χ2n) is 13.8. The first-order valence-electron chi connectivity index (χ1n) is 16.8. The molecule has 0 saturated heterocycles. The minimum atomic E-state index is -1.74. The monoisotopic (exact) mass is 636 g/mol. The van der Waals surface area contributed by atoms with Gasteiger partial charge in [0.1, 0.15) is 6.10 Å². The molecule has 1 aliphatic rings. The van der Waals surface area contributed by atoms with Crippen LogP contribution in [0.3, 0.4) is 0 Å². The summed E-state index contributed by atoms with van der Waals surface area (Å²) in [4.78, 5) is 13.8. The summed E-state index contributed by atoms with van der Waals surface area (Å²) in [5.41, 5.74) is 6.01. The van der Waals surface area contributed by atoms with Gasteiger partial charge in [-0.05, 0) is 48.8 Å². The Labute approximate surface area is 278 Å². The normalized spacial score (nSPS) is 17.6. The maximum atomic E-state index is 13.8. The van der Waals surface area contributed by atoms with Crippen LogP contribution in [0.5, 0.6) is 0 Å². The van der Waals surface area contributed by atoms with Crippen LogP contribution in [0.1, 0.15) is 61.1 Å². The summed E-state index contributed by atoms with van der Waals surface area (Å²) in [6.07, 6.45) is 11.5. The second kappa shape index (κ2) is 18.0. The Morgan fingerprint density at radius 3 is 1.89 bits per heavy atom. The molecule has 244 valence electrons. The van der Waals surface area contributed by atoms with E-state index in [1.807, 2.05) is 54.6 Å². The standard InChI is InChI=1S/C41H52O4Si/c1-5-27-41(32-43-29-34-18-9-6-10-19-34,33-44-30-35-20-11-7-12-21-35)28-17-24-37(31-46(2,3)4)40(42)45-39-26-16-15-25-38(39)36-22-13-8-14-23-36/h5-14,17-24,31,38-39H,1,15-16,25-30,32-33H2,2-4H3/b24-17+,37-31+/t38-,39+/m1/s1. The number of ether oxygens (including phenoxy) is 3. The molecule has 2 atom stereocenters. The summed E-state index contributed by atoms with van der Waals surface area (Å²) in [7, 11) is -1.74. The van der Waals surface area contributed by atoms with Crippen LogP contribution in [0.2, 0.25) is 19.6 Å². The van der Waals surface area contributed by atoms with Gasteiger partial charge in [-0.25, -0.2) is 4.79 Å². The van der Waals surface area contributed by atoms with Gasteiger partial charge >= 0.3 is 5.97 Å². The third-order valence-electron chi connectivity index (χ3n) is 8.48. The summed E-state index contributed by atoms with van der Waals surface area (Å²) in [6, 6.07) is 31.0. The van der Waals surface area contributed by atoms with Crippen molar-refractivity contribution in [2.24, 2.45) is 5.41 Å². The minimum Gasteiger partial charge on any atom is -0.458 e. The molecule has 0 N–H and O–H groups in total. The Morgan fingerprint density at radius 2 is 1.35 bits per heavy atom. The molecule has 0 unspecified atom stereocenters. The lowest BCUT2D eigenvalue weighted by Crippen LogP contribution is -2.32. The van der Waals surface area contributed by atoms with E-state index in [1.165, 1.54) is 5.56 Å². The minimum absolute atomic E-state index is 0.111. The van der Waals surface area contributed by atoms with Crippen molar-refractivity contribution < 1.29 is 19.0 Å². The first-order chi connectivity index (χ1) is 22.3. The Hall–Kier alpha value is -3.51. The molecule has 0 aromatic heterocycles. The predicted molar refractivity (Wildman–Crippen MR) is 192 cm³/mol. The first-order valence-corrected chi connectivity index (χ1v) is 20.3. The van der Waals surface area contributed by atoms with E-state index in [0.717, 1.165) is 43.2 Å². The summed E-state index contributed by atoms with van der Waals surface area (Å²) >= 11 is 0. The van der Waals surface area contributed by atoms with E-state index in [9.17, 15) is 4.79 Å². The number of hydrogen-bond acceptors (Lipinski definition) is 4. The summed E-state index contributed by atoms with van der Waals surface area (Å²) in [5.74, 6) is 0.0151. The number of benzene rings is 3. The molecule has 3 aromatic rings. The van der Waals surface area contributed by atoms with E-state index >= 15 is 0 Å². The zero-order valence-electron chi connectivity index (χ0n) is 28.0. The maximum Gasteiger partial charge on any atom is 0.337 e. The fourth-order valence-corrected chi connectivity index (χ4v) is 7.34. The van der Waals surface area contributed by atoms with Gasteiger partial charge in [-0.15, -0.1) is 6.58 Å². The van der Waals surface area contributed by atoms with Gasteiger partial charge in [0.2, 0.25) is 0 Å². The van der Waals surface area contributed by atoms with Crippen LogP contribution in [0, 0.1) is 5.41 Å². The molecule has 1 aliphatic carbocycles. The molecule has 0 bridgehead atoms. The Morgan fingerprint density at radius 1 is 0.804 bits per heavy atom. The largest absolute Gasteiger partial charge is 0.458 e. The van der Waals surface area contributed by atoms with E-state index < -0.39 is 8.07 Å². The highest BCUT2D eigenvalue weighted by Crippen LogP contribution is 2.36. The SMILES string of the molecule is C=CCC(C/C=C/C(=C\[Si](C)(C)C)C(=O)O[C@H]1CCCC[C@@H]1c1ccccc1)(COCc1ccccc1)COCc1ccccc1.